The third-order valence-corrected chi connectivity index (χ3v) is 4.06. The number of halogens is 2. The minimum absolute atomic E-state index is 0.181. The number of rotatable bonds is 4. The fraction of sp³-hybridized carbons (Fsp3) is 0.286. The van der Waals surface area contributed by atoms with E-state index in [1.807, 2.05) is 36.5 Å². The predicted molar refractivity (Wildman–Crippen MR) is 78.9 cm³/mol. The number of hydrogen-bond donors (Lipinski definition) is 1. The van der Waals surface area contributed by atoms with Gasteiger partial charge in [-0.1, -0.05) is 30.3 Å². The summed E-state index contributed by atoms with van der Waals surface area (Å²) in [6.45, 7) is 0.662. The molecule has 1 saturated carbocycles. The predicted octanol–water partition coefficient (Wildman–Crippen LogP) is 3.06. The maximum Gasteiger partial charge on any atom is 0.231 e. The van der Waals surface area contributed by atoms with Gasteiger partial charge in [-0.25, -0.2) is 0 Å². The second-order valence-electron chi connectivity index (χ2n) is 4.89. The number of nitrogens with zero attached hydrogens (tertiary/aromatic N) is 2. The normalized spacial score (nSPS) is 19.6. The van der Waals surface area contributed by atoms with E-state index in [4.69, 9.17) is 23.2 Å². The van der Waals surface area contributed by atoms with Crippen LogP contribution in [-0.2, 0) is 11.3 Å². The number of carbonyl (C=O) groups excluding carboxylic acids is 1. The number of aromatic nitrogens is 2. The van der Waals surface area contributed by atoms with Gasteiger partial charge in [-0.2, -0.15) is 5.10 Å². The van der Waals surface area contributed by atoms with Crippen molar-refractivity contribution in [2.24, 2.45) is 5.92 Å². The average Bonchev–Trinajstić information content (AvgIpc) is 2.84. The number of alkyl halides is 2. The third-order valence-electron chi connectivity index (χ3n) is 3.22. The van der Waals surface area contributed by atoms with Gasteiger partial charge in [-0.15, -0.1) is 23.2 Å². The molecule has 104 valence electrons. The first-order valence-electron chi connectivity index (χ1n) is 6.31. The zero-order valence-electron chi connectivity index (χ0n) is 10.6. The average molecular weight is 310 g/mol. The molecule has 1 fully saturated rings. The van der Waals surface area contributed by atoms with E-state index in [-0.39, 0.29) is 11.8 Å². The first-order chi connectivity index (χ1) is 9.54. The van der Waals surface area contributed by atoms with Gasteiger partial charge in [-0.05, 0) is 12.0 Å². The highest BCUT2D eigenvalue weighted by molar-refractivity contribution is 6.52. The zero-order chi connectivity index (χ0) is 14.2. The number of anilines is 1. The molecule has 1 atom stereocenters. The molecule has 1 aromatic carbocycles. The lowest BCUT2D eigenvalue weighted by atomic mass is 10.2. The van der Waals surface area contributed by atoms with Gasteiger partial charge >= 0.3 is 0 Å². The lowest BCUT2D eigenvalue weighted by Crippen LogP contribution is -2.17. The van der Waals surface area contributed by atoms with Crippen LogP contribution in [0.3, 0.4) is 0 Å². The molecule has 1 heterocycles. The molecular formula is C14H13Cl2N3O. The Balaban J connectivity index is 1.61. The van der Waals surface area contributed by atoms with Crippen LogP contribution in [0.1, 0.15) is 12.0 Å². The lowest BCUT2D eigenvalue weighted by Gasteiger charge is -2.03. The maximum atomic E-state index is 11.8. The van der Waals surface area contributed by atoms with Crippen molar-refractivity contribution in [2.45, 2.75) is 17.3 Å². The Hall–Kier alpha value is -1.52. The van der Waals surface area contributed by atoms with Crippen LogP contribution in [-0.4, -0.2) is 20.0 Å². The first kappa shape index (κ1) is 13.5. The molecule has 1 aliphatic carbocycles. The molecule has 20 heavy (non-hydrogen) atoms. The quantitative estimate of drug-likeness (QED) is 0.882. The topological polar surface area (TPSA) is 46.9 Å². The smallest absolute Gasteiger partial charge is 0.231 e. The molecule has 4 nitrogen and oxygen atoms in total. The summed E-state index contributed by atoms with van der Waals surface area (Å²) in [5, 5.41) is 7.03. The Morgan fingerprint density at radius 1 is 1.35 bits per heavy atom. The van der Waals surface area contributed by atoms with Gasteiger partial charge in [0.1, 0.15) is 4.33 Å². The Morgan fingerprint density at radius 3 is 2.70 bits per heavy atom. The summed E-state index contributed by atoms with van der Waals surface area (Å²) in [5.74, 6) is -0.00738. The van der Waals surface area contributed by atoms with Crippen molar-refractivity contribution in [2.75, 3.05) is 5.32 Å². The minimum atomic E-state index is -0.906. The van der Waals surface area contributed by atoms with Crippen molar-refractivity contribution in [1.29, 1.82) is 0 Å². The minimum Gasteiger partial charge on any atom is -0.309 e. The van der Waals surface area contributed by atoms with Gasteiger partial charge in [0.15, 0.2) is 5.82 Å². The summed E-state index contributed by atoms with van der Waals surface area (Å²) < 4.78 is 0.864. The number of nitrogens with one attached hydrogen (secondary N) is 1. The highest BCUT2D eigenvalue weighted by atomic mass is 35.5. The largest absolute Gasteiger partial charge is 0.309 e. The van der Waals surface area contributed by atoms with Crippen molar-refractivity contribution in [3.63, 3.8) is 0 Å². The first-order valence-corrected chi connectivity index (χ1v) is 7.06. The number of benzene rings is 1. The molecule has 6 heteroatoms. The summed E-state index contributed by atoms with van der Waals surface area (Å²) in [5.41, 5.74) is 1.15. The fourth-order valence-electron chi connectivity index (χ4n) is 2.00. The van der Waals surface area contributed by atoms with Crippen molar-refractivity contribution in [1.82, 2.24) is 9.78 Å². The lowest BCUT2D eigenvalue weighted by molar-refractivity contribution is -0.117. The van der Waals surface area contributed by atoms with Gasteiger partial charge in [0, 0.05) is 12.3 Å². The second kappa shape index (κ2) is 5.11. The van der Waals surface area contributed by atoms with Crippen LogP contribution in [0.25, 0.3) is 0 Å². The van der Waals surface area contributed by atoms with Crippen LogP contribution in [0.15, 0.2) is 42.6 Å². The summed E-state index contributed by atoms with van der Waals surface area (Å²) in [6, 6.07) is 11.7. The van der Waals surface area contributed by atoms with E-state index in [9.17, 15) is 4.79 Å². The van der Waals surface area contributed by atoms with E-state index < -0.39 is 4.33 Å². The molecule has 1 amide bonds. The van der Waals surface area contributed by atoms with Crippen LogP contribution in [0.5, 0.6) is 0 Å². The van der Waals surface area contributed by atoms with E-state index in [0.717, 1.165) is 5.56 Å². The molecule has 0 radical (unpaired) electrons. The van der Waals surface area contributed by atoms with Crippen LogP contribution in [0.4, 0.5) is 5.82 Å². The summed E-state index contributed by atoms with van der Waals surface area (Å²) >= 11 is 11.7. The molecule has 0 spiro atoms. The van der Waals surface area contributed by atoms with E-state index >= 15 is 0 Å². The maximum absolute atomic E-state index is 11.8. The third kappa shape index (κ3) is 2.97. The van der Waals surface area contributed by atoms with Gasteiger partial charge in [0.2, 0.25) is 5.91 Å². The summed E-state index contributed by atoms with van der Waals surface area (Å²) in [4.78, 5) is 11.8. The molecule has 1 aromatic heterocycles. The van der Waals surface area contributed by atoms with Crippen molar-refractivity contribution in [3.8, 4) is 0 Å². The SMILES string of the molecule is O=C(Nc1ccn(Cc2ccccc2)n1)C1CC1(Cl)Cl. The van der Waals surface area contributed by atoms with Crippen LogP contribution in [0, 0.1) is 5.92 Å². The summed E-state index contributed by atoms with van der Waals surface area (Å²) in [7, 11) is 0. The molecular weight excluding hydrogens is 297 g/mol. The second-order valence-corrected chi connectivity index (χ2v) is 6.43. The number of hydrogen-bond acceptors (Lipinski definition) is 2. The molecule has 0 aliphatic heterocycles. The van der Waals surface area contributed by atoms with Gasteiger partial charge in [0.05, 0.1) is 12.5 Å². The highest BCUT2D eigenvalue weighted by Gasteiger charge is 2.56. The van der Waals surface area contributed by atoms with Gasteiger partial charge in [-0.3, -0.25) is 9.48 Å². The van der Waals surface area contributed by atoms with E-state index in [1.165, 1.54) is 0 Å². The number of carbonyl (C=O) groups is 1. The molecule has 0 saturated heterocycles. The van der Waals surface area contributed by atoms with Crippen molar-refractivity contribution >= 4 is 34.9 Å². The van der Waals surface area contributed by atoms with E-state index in [0.29, 0.717) is 18.8 Å². The molecule has 0 bridgehead atoms. The monoisotopic (exact) mass is 309 g/mol. The van der Waals surface area contributed by atoms with Gasteiger partial charge < -0.3 is 5.32 Å². The zero-order valence-corrected chi connectivity index (χ0v) is 12.1. The Bertz CT molecular complexity index is 624. The van der Waals surface area contributed by atoms with Crippen molar-refractivity contribution < 1.29 is 4.79 Å². The van der Waals surface area contributed by atoms with E-state index in [2.05, 4.69) is 10.4 Å². The molecule has 1 aliphatic rings. The number of amides is 1. The van der Waals surface area contributed by atoms with Crippen LogP contribution >= 0.6 is 23.2 Å². The molecule has 1 N–H and O–H groups in total. The van der Waals surface area contributed by atoms with E-state index in [1.54, 1.807) is 10.7 Å². The summed E-state index contributed by atoms with van der Waals surface area (Å²) in [6.07, 6.45) is 2.32. The Labute approximate surface area is 126 Å². The Kier molecular flexibility index (Phi) is 3.44. The fourth-order valence-corrected chi connectivity index (χ4v) is 2.50. The van der Waals surface area contributed by atoms with Crippen LogP contribution < -0.4 is 5.32 Å². The Morgan fingerprint density at radius 2 is 2.05 bits per heavy atom. The highest BCUT2D eigenvalue weighted by Crippen LogP contribution is 2.53. The van der Waals surface area contributed by atoms with Crippen molar-refractivity contribution in [3.05, 3.63) is 48.2 Å². The molecule has 3 rings (SSSR count). The standard InChI is InChI=1S/C14H13Cl2N3O/c15-14(16)8-11(14)13(20)17-12-6-7-19(18-12)9-10-4-2-1-3-5-10/h1-7,11H,8-9H2,(H,17,18,20). The molecule has 1 unspecified atom stereocenters. The van der Waals surface area contributed by atoms with Crippen LogP contribution in [0.2, 0.25) is 0 Å². The van der Waals surface area contributed by atoms with Gasteiger partial charge in [0.25, 0.3) is 0 Å². The molecule has 2 aromatic rings.